The van der Waals surface area contributed by atoms with Crippen LogP contribution in [0.1, 0.15) is 33.1 Å². The molecule has 0 aromatic rings. The van der Waals surface area contributed by atoms with E-state index < -0.39 is 5.97 Å². The van der Waals surface area contributed by atoms with Crippen molar-refractivity contribution >= 4 is 11.8 Å². The van der Waals surface area contributed by atoms with Crippen molar-refractivity contribution in [2.75, 3.05) is 0 Å². The number of rotatable bonds is 2. The highest BCUT2D eigenvalue weighted by molar-refractivity contribution is 5.93. The van der Waals surface area contributed by atoms with E-state index >= 15 is 0 Å². The van der Waals surface area contributed by atoms with Crippen LogP contribution in [0.3, 0.4) is 0 Å². The van der Waals surface area contributed by atoms with Gasteiger partial charge in [-0.3, -0.25) is 4.79 Å². The smallest absolute Gasteiger partial charge is 0.331 e. The largest absolute Gasteiger partial charge is 0.478 e. The third kappa shape index (κ3) is 2.02. The quantitative estimate of drug-likeness (QED) is 0.764. The van der Waals surface area contributed by atoms with E-state index in [-0.39, 0.29) is 29.0 Å². The molecule has 0 radical (unpaired) electrons. The fraction of sp³-hybridized carbons (Fsp3) is 0.600. The minimum absolute atomic E-state index is 0.00982. The summed E-state index contributed by atoms with van der Waals surface area (Å²) in [7, 11) is 0. The number of carbonyl (C=O) groups excluding carboxylic acids is 1. The third-order valence-corrected chi connectivity index (χ3v) is 4.87. The maximum Gasteiger partial charge on any atom is 0.331 e. The Bertz CT molecular complexity index is 435. The molecule has 0 aliphatic heterocycles. The summed E-state index contributed by atoms with van der Waals surface area (Å²) < 4.78 is 0. The van der Waals surface area contributed by atoms with Crippen molar-refractivity contribution in [1.82, 2.24) is 0 Å². The molecule has 1 N–H and O–H groups in total. The van der Waals surface area contributed by atoms with Gasteiger partial charge in [-0.25, -0.2) is 4.79 Å². The molecular weight excluding hydrogens is 228 g/mol. The molecule has 3 heteroatoms. The van der Waals surface area contributed by atoms with Crippen LogP contribution in [0.5, 0.6) is 0 Å². The molecule has 0 saturated heterocycles. The van der Waals surface area contributed by atoms with Gasteiger partial charge in [0.15, 0.2) is 5.78 Å². The summed E-state index contributed by atoms with van der Waals surface area (Å²) in [6, 6.07) is 0. The predicted molar refractivity (Wildman–Crippen MR) is 69.0 cm³/mol. The summed E-state index contributed by atoms with van der Waals surface area (Å²) in [5.41, 5.74) is 0.342. The molecule has 1 saturated carbocycles. The molecule has 0 aromatic carbocycles. The van der Waals surface area contributed by atoms with Gasteiger partial charge in [-0.2, -0.15) is 0 Å². The number of aliphatic carboxylic acids is 1. The number of carboxylic acids is 1. The highest BCUT2D eigenvalue weighted by Crippen LogP contribution is 2.51. The molecule has 4 unspecified atom stereocenters. The van der Waals surface area contributed by atoms with E-state index in [9.17, 15) is 9.59 Å². The summed E-state index contributed by atoms with van der Waals surface area (Å²) in [6.07, 6.45) is 6.28. The average molecular weight is 248 g/mol. The third-order valence-electron chi connectivity index (χ3n) is 4.87. The van der Waals surface area contributed by atoms with Crippen LogP contribution >= 0.6 is 0 Å². The molecule has 0 heterocycles. The molecule has 18 heavy (non-hydrogen) atoms. The second-order valence-corrected chi connectivity index (χ2v) is 5.94. The topological polar surface area (TPSA) is 54.4 Å². The second kappa shape index (κ2) is 4.38. The Morgan fingerprint density at radius 3 is 2.83 bits per heavy atom. The summed E-state index contributed by atoms with van der Waals surface area (Å²) in [5, 5.41) is 9.03. The van der Waals surface area contributed by atoms with Gasteiger partial charge in [-0.05, 0) is 42.6 Å². The van der Waals surface area contributed by atoms with Crippen molar-refractivity contribution in [1.29, 1.82) is 0 Å². The normalized spacial score (nSPS) is 39.2. The van der Waals surface area contributed by atoms with Gasteiger partial charge in [-0.15, -0.1) is 0 Å². The predicted octanol–water partition coefficient (Wildman–Crippen LogP) is 2.82. The number of carboxylic acid groups (broad SMARTS) is 1. The van der Waals surface area contributed by atoms with E-state index in [4.69, 9.17) is 5.11 Å². The van der Waals surface area contributed by atoms with Gasteiger partial charge >= 0.3 is 5.97 Å². The molecule has 0 spiro atoms. The maximum absolute atomic E-state index is 11.8. The zero-order chi connectivity index (χ0) is 13.5. The van der Waals surface area contributed by atoms with E-state index in [2.05, 4.69) is 13.5 Å². The first kappa shape index (κ1) is 13.1. The summed E-state index contributed by atoms with van der Waals surface area (Å²) >= 11 is 0. The molecule has 2 rings (SSSR count). The lowest BCUT2D eigenvalue weighted by Crippen LogP contribution is -2.42. The van der Waals surface area contributed by atoms with E-state index in [0.717, 1.165) is 19.3 Å². The zero-order valence-corrected chi connectivity index (χ0v) is 11.0. The minimum Gasteiger partial charge on any atom is -0.478 e. The van der Waals surface area contributed by atoms with Crippen molar-refractivity contribution in [2.24, 2.45) is 23.2 Å². The number of hydrogen-bond acceptors (Lipinski definition) is 2. The highest BCUT2D eigenvalue weighted by Gasteiger charge is 2.45. The van der Waals surface area contributed by atoms with Gasteiger partial charge in [0.05, 0.1) is 0 Å². The minimum atomic E-state index is -0.908. The molecule has 2 aliphatic rings. The Labute approximate surface area is 108 Å². The Morgan fingerprint density at radius 2 is 2.22 bits per heavy atom. The average Bonchev–Trinajstić information content (AvgIpc) is 2.33. The molecule has 0 bridgehead atoms. The van der Waals surface area contributed by atoms with Crippen molar-refractivity contribution in [2.45, 2.75) is 33.1 Å². The summed E-state index contributed by atoms with van der Waals surface area (Å²) in [5.74, 6) is -0.496. The molecule has 0 amide bonds. The van der Waals surface area contributed by atoms with Gasteiger partial charge in [0.1, 0.15) is 0 Å². The molecule has 1 fully saturated rings. The Balaban J connectivity index is 2.22. The van der Waals surface area contributed by atoms with Gasteiger partial charge < -0.3 is 5.11 Å². The van der Waals surface area contributed by atoms with Crippen molar-refractivity contribution in [3.8, 4) is 0 Å². The van der Waals surface area contributed by atoms with Gasteiger partial charge in [0, 0.05) is 11.5 Å². The van der Waals surface area contributed by atoms with Crippen LogP contribution in [-0.4, -0.2) is 16.9 Å². The number of fused-ring (bicyclic) bond motifs is 1. The lowest BCUT2D eigenvalue weighted by atomic mass is 9.57. The lowest BCUT2D eigenvalue weighted by molar-refractivity contribution is -0.133. The van der Waals surface area contributed by atoms with Crippen LogP contribution in [0.25, 0.3) is 0 Å². The van der Waals surface area contributed by atoms with Crippen molar-refractivity contribution in [3.63, 3.8) is 0 Å². The van der Waals surface area contributed by atoms with Crippen molar-refractivity contribution < 1.29 is 14.7 Å². The van der Waals surface area contributed by atoms with E-state index in [1.54, 1.807) is 6.08 Å². The SMILES string of the molecule is C=C(C(=O)O)C1CCC2(C)C=CC(=O)C(C)C2C1. The maximum atomic E-state index is 11.8. The van der Waals surface area contributed by atoms with Gasteiger partial charge in [0.2, 0.25) is 0 Å². The van der Waals surface area contributed by atoms with Crippen LogP contribution in [0.4, 0.5) is 0 Å². The standard InChI is InChI=1S/C15H20O3/c1-9(14(17)18)11-4-6-15(3)7-5-13(16)10(2)12(15)8-11/h5,7,10-12H,1,4,6,8H2,2-3H3,(H,17,18). The van der Waals surface area contributed by atoms with E-state index in [1.807, 2.05) is 13.0 Å². The molecule has 4 atom stereocenters. The monoisotopic (exact) mass is 248 g/mol. The summed E-state index contributed by atoms with van der Waals surface area (Å²) in [6.45, 7) is 7.82. The Morgan fingerprint density at radius 1 is 1.56 bits per heavy atom. The fourth-order valence-corrected chi connectivity index (χ4v) is 3.46. The highest BCUT2D eigenvalue weighted by atomic mass is 16.4. The van der Waals surface area contributed by atoms with E-state index in [0.29, 0.717) is 5.57 Å². The number of allylic oxidation sites excluding steroid dienone is 2. The second-order valence-electron chi connectivity index (χ2n) is 5.94. The summed E-state index contributed by atoms with van der Waals surface area (Å²) in [4.78, 5) is 22.8. The molecule has 98 valence electrons. The first-order chi connectivity index (χ1) is 8.35. The van der Waals surface area contributed by atoms with Crippen LogP contribution in [0.2, 0.25) is 0 Å². The molecule has 2 aliphatic carbocycles. The molecule has 3 nitrogen and oxygen atoms in total. The van der Waals surface area contributed by atoms with Crippen LogP contribution in [-0.2, 0) is 9.59 Å². The number of ketones is 1. The van der Waals surface area contributed by atoms with Gasteiger partial charge in [0.25, 0.3) is 0 Å². The van der Waals surface area contributed by atoms with E-state index in [1.165, 1.54) is 0 Å². The number of hydrogen-bond donors (Lipinski definition) is 1. The first-order valence-corrected chi connectivity index (χ1v) is 6.50. The van der Waals surface area contributed by atoms with Crippen LogP contribution in [0.15, 0.2) is 24.3 Å². The zero-order valence-electron chi connectivity index (χ0n) is 11.0. The first-order valence-electron chi connectivity index (χ1n) is 6.50. The lowest BCUT2D eigenvalue weighted by Gasteiger charge is -2.47. The van der Waals surface area contributed by atoms with Gasteiger partial charge in [-0.1, -0.05) is 26.5 Å². The van der Waals surface area contributed by atoms with Crippen LogP contribution < -0.4 is 0 Å². The Kier molecular flexibility index (Phi) is 3.18. The molecule has 0 aromatic heterocycles. The van der Waals surface area contributed by atoms with Crippen LogP contribution in [0, 0.1) is 23.2 Å². The fourth-order valence-electron chi connectivity index (χ4n) is 3.46. The Hall–Kier alpha value is -1.38. The number of carbonyl (C=O) groups is 2. The molecular formula is C15H20O3. The van der Waals surface area contributed by atoms with Crippen molar-refractivity contribution in [3.05, 3.63) is 24.3 Å².